The van der Waals surface area contributed by atoms with Crippen molar-refractivity contribution in [2.24, 2.45) is 5.73 Å². The largest absolute Gasteiger partial charge is 0.439 e. The maximum Gasteiger partial charge on any atom is 0.219 e. The first-order chi connectivity index (χ1) is 9.38. The molecule has 0 spiro atoms. The number of nitrogens with two attached hydrogens (primary N) is 1. The number of hydrogen-bond acceptors (Lipinski definition) is 3. The van der Waals surface area contributed by atoms with Crippen LogP contribution in [-0.2, 0) is 12.0 Å². The zero-order valence-electron chi connectivity index (χ0n) is 12.6. The van der Waals surface area contributed by atoms with Gasteiger partial charge in [0.15, 0.2) is 0 Å². The lowest BCUT2D eigenvalue weighted by atomic mass is 9.87. The fraction of sp³-hybridized carbons (Fsp3) is 0.353. The van der Waals surface area contributed by atoms with Crippen molar-refractivity contribution in [2.45, 2.75) is 39.7 Å². The second-order valence-corrected chi connectivity index (χ2v) is 6.04. The van der Waals surface area contributed by atoms with Crippen LogP contribution >= 0.6 is 0 Å². The van der Waals surface area contributed by atoms with Gasteiger partial charge in [-0.3, -0.25) is 0 Å². The number of benzene rings is 1. The van der Waals surface area contributed by atoms with Gasteiger partial charge in [0.1, 0.15) is 5.75 Å². The molecule has 3 heteroatoms. The van der Waals surface area contributed by atoms with E-state index in [1.54, 1.807) is 0 Å². The molecule has 0 aliphatic rings. The van der Waals surface area contributed by atoms with E-state index in [0.717, 1.165) is 17.0 Å². The highest BCUT2D eigenvalue weighted by Crippen LogP contribution is 2.28. The van der Waals surface area contributed by atoms with Crippen molar-refractivity contribution in [3.63, 3.8) is 0 Å². The minimum absolute atomic E-state index is 0.0990. The highest BCUT2D eigenvalue weighted by Gasteiger charge is 2.14. The second kappa shape index (κ2) is 5.63. The summed E-state index contributed by atoms with van der Waals surface area (Å²) >= 11 is 0. The smallest absolute Gasteiger partial charge is 0.219 e. The predicted molar refractivity (Wildman–Crippen MR) is 82.1 cm³/mol. The number of hydrogen-bond donors (Lipinski definition) is 1. The lowest BCUT2D eigenvalue weighted by molar-refractivity contribution is 0.457. The quantitative estimate of drug-likeness (QED) is 0.919. The molecule has 0 unspecified atom stereocenters. The fourth-order valence-electron chi connectivity index (χ4n) is 2.02. The first kappa shape index (κ1) is 14.5. The molecular formula is C17H22N2O. The molecule has 0 saturated carbocycles. The van der Waals surface area contributed by atoms with Crippen LogP contribution in [0.3, 0.4) is 0 Å². The Hall–Kier alpha value is -1.87. The molecule has 1 aromatic heterocycles. The van der Waals surface area contributed by atoms with Gasteiger partial charge in [-0.25, -0.2) is 4.98 Å². The van der Waals surface area contributed by atoms with Gasteiger partial charge in [-0.15, -0.1) is 0 Å². The molecule has 0 aliphatic carbocycles. The molecule has 3 nitrogen and oxygen atoms in total. The van der Waals surface area contributed by atoms with Crippen LogP contribution < -0.4 is 10.5 Å². The molecule has 0 aliphatic heterocycles. The molecule has 1 heterocycles. The van der Waals surface area contributed by atoms with Crippen LogP contribution in [-0.4, -0.2) is 4.98 Å². The lowest BCUT2D eigenvalue weighted by Crippen LogP contribution is -2.10. The normalized spacial score (nSPS) is 11.4. The molecule has 0 radical (unpaired) electrons. The van der Waals surface area contributed by atoms with Crippen molar-refractivity contribution in [3.8, 4) is 11.6 Å². The van der Waals surface area contributed by atoms with Crippen molar-refractivity contribution in [1.29, 1.82) is 0 Å². The summed E-state index contributed by atoms with van der Waals surface area (Å²) in [5.74, 6) is 1.40. The Labute approximate surface area is 120 Å². The highest BCUT2D eigenvalue weighted by atomic mass is 16.5. The third kappa shape index (κ3) is 3.58. The number of rotatable bonds is 3. The van der Waals surface area contributed by atoms with Crippen LogP contribution in [0.15, 0.2) is 36.4 Å². The summed E-state index contributed by atoms with van der Waals surface area (Å²) in [6.45, 7) is 8.98. The van der Waals surface area contributed by atoms with E-state index in [-0.39, 0.29) is 5.41 Å². The third-order valence-corrected chi connectivity index (χ3v) is 3.15. The Balaban J connectivity index is 2.28. The summed E-state index contributed by atoms with van der Waals surface area (Å²) in [6, 6.07) is 12.0. The maximum atomic E-state index is 5.87. The van der Waals surface area contributed by atoms with E-state index in [1.165, 1.54) is 5.56 Å². The second-order valence-electron chi connectivity index (χ2n) is 6.04. The van der Waals surface area contributed by atoms with Gasteiger partial charge < -0.3 is 10.5 Å². The highest BCUT2D eigenvalue weighted by molar-refractivity contribution is 5.35. The molecule has 0 fully saturated rings. The Morgan fingerprint density at radius 2 is 1.90 bits per heavy atom. The van der Waals surface area contributed by atoms with E-state index in [0.29, 0.717) is 12.4 Å². The zero-order valence-corrected chi connectivity index (χ0v) is 12.6. The zero-order chi connectivity index (χ0) is 14.8. The Morgan fingerprint density at radius 3 is 2.55 bits per heavy atom. The topological polar surface area (TPSA) is 48.1 Å². The van der Waals surface area contributed by atoms with Crippen molar-refractivity contribution in [3.05, 3.63) is 53.2 Å². The Morgan fingerprint density at radius 1 is 1.15 bits per heavy atom. The van der Waals surface area contributed by atoms with E-state index < -0.39 is 0 Å². The molecular weight excluding hydrogens is 248 g/mol. The summed E-state index contributed by atoms with van der Waals surface area (Å²) in [4.78, 5) is 4.39. The van der Waals surface area contributed by atoms with Gasteiger partial charge in [-0.2, -0.15) is 0 Å². The summed E-state index contributed by atoms with van der Waals surface area (Å²) in [6.07, 6.45) is 0. The van der Waals surface area contributed by atoms with Crippen LogP contribution in [0.2, 0.25) is 0 Å². The van der Waals surface area contributed by atoms with Gasteiger partial charge in [0.2, 0.25) is 5.88 Å². The van der Waals surface area contributed by atoms with E-state index in [9.17, 15) is 0 Å². The fourth-order valence-corrected chi connectivity index (χ4v) is 2.02. The number of nitrogens with zero attached hydrogens (tertiary/aromatic N) is 1. The number of pyridine rings is 1. The Kier molecular flexibility index (Phi) is 4.09. The van der Waals surface area contributed by atoms with Crippen LogP contribution in [0, 0.1) is 6.92 Å². The predicted octanol–water partition coefficient (Wildman–Crippen LogP) is 3.94. The van der Waals surface area contributed by atoms with Gasteiger partial charge in [-0.05, 0) is 41.7 Å². The molecule has 0 saturated heterocycles. The van der Waals surface area contributed by atoms with Gasteiger partial charge in [0, 0.05) is 18.3 Å². The number of aromatic nitrogens is 1. The number of aryl methyl sites for hydroxylation is 1. The molecule has 0 bridgehead atoms. The first-order valence-corrected chi connectivity index (χ1v) is 6.84. The lowest BCUT2D eigenvalue weighted by Gasteiger charge is -2.19. The molecule has 2 N–H and O–H groups in total. The molecule has 1 aromatic carbocycles. The third-order valence-electron chi connectivity index (χ3n) is 3.15. The van der Waals surface area contributed by atoms with Gasteiger partial charge in [-0.1, -0.05) is 32.9 Å². The van der Waals surface area contributed by atoms with E-state index in [4.69, 9.17) is 10.5 Å². The standard InChI is InChI=1S/C17H22N2O/c1-12-8-13(11-18)9-16(19-12)20-15-7-5-6-14(10-15)17(2,3)4/h5-10H,11,18H2,1-4H3. The summed E-state index contributed by atoms with van der Waals surface area (Å²) in [5.41, 5.74) is 8.95. The minimum atomic E-state index is 0.0990. The maximum absolute atomic E-state index is 5.87. The molecule has 2 aromatic rings. The molecule has 20 heavy (non-hydrogen) atoms. The van der Waals surface area contributed by atoms with E-state index in [1.807, 2.05) is 31.2 Å². The summed E-state index contributed by atoms with van der Waals surface area (Å²) in [5, 5.41) is 0. The summed E-state index contributed by atoms with van der Waals surface area (Å²) < 4.78 is 5.87. The first-order valence-electron chi connectivity index (χ1n) is 6.84. The molecule has 0 atom stereocenters. The van der Waals surface area contributed by atoms with E-state index in [2.05, 4.69) is 37.9 Å². The SMILES string of the molecule is Cc1cc(CN)cc(Oc2cccc(C(C)(C)C)c2)n1. The average molecular weight is 270 g/mol. The van der Waals surface area contributed by atoms with Crippen molar-refractivity contribution < 1.29 is 4.74 Å². The van der Waals surface area contributed by atoms with Crippen LogP contribution in [0.5, 0.6) is 11.6 Å². The van der Waals surface area contributed by atoms with Crippen molar-refractivity contribution in [1.82, 2.24) is 4.98 Å². The molecule has 0 amide bonds. The Bertz CT molecular complexity index is 600. The van der Waals surface area contributed by atoms with Crippen molar-refractivity contribution in [2.75, 3.05) is 0 Å². The van der Waals surface area contributed by atoms with Gasteiger partial charge in [0.05, 0.1) is 0 Å². The van der Waals surface area contributed by atoms with E-state index >= 15 is 0 Å². The van der Waals surface area contributed by atoms with Crippen molar-refractivity contribution >= 4 is 0 Å². The van der Waals surface area contributed by atoms with Crippen LogP contribution in [0.4, 0.5) is 0 Å². The monoisotopic (exact) mass is 270 g/mol. The summed E-state index contributed by atoms with van der Waals surface area (Å²) in [7, 11) is 0. The molecule has 106 valence electrons. The molecule has 2 rings (SSSR count). The number of ether oxygens (including phenoxy) is 1. The van der Waals surface area contributed by atoms with Crippen LogP contribution in [0.25, 0.3) is 0 Å². The average Bonchev–Trinajstić information content (AvgIpc) is 2.37. The van der Waals surface area contributed by atoms with Gasteiger partial charge >= 0.3 is 0 Å². The van der Waals surface area contributed by atoms with Gasteiger partial charge in [0.25, 0.3) is 0 Å². The van der Waals surface area contributed by atoms with Crippen LogP contribution in [0.1, 0.15) is 37.6 Å². The minimum Gasteiger partial charge on any atom is -0.439 e.